The predicted molar refractivity (Wildman–Crippen MR) is 63.0 cm³/mol. The fourth-order valence-electron chi connectivity index (χ4n) is 0.973. The van der Waals surface area contributed by atoms with Gasteiger partial charge < -0.3 is 10.6 Å². The van der Waals surface area contributed by atoms with E-state index in [-0.39, 0.29) is 6.54 Å². The number of unbranched alkanes of at least 4 members (excludes halogenated alkanes) is 1. The van der Waals surface area contributed by atoms with Crippen molar-refractivity contribution in [2.45, 2.75) is 19.3 Å². The number of thioether (sulfide) groups is 1. The summed E-state index contributed by atoms with van der Waals surface area (Å²) in [5, 5.41) is 5.52. The number of rotatable bonds is 7. The van der Waals surface area contributed by atoms with E-state index in [1.54, 1.807) is 7.05 Å². The second-order valence-electron chi connectivity index (χ2n) is 2.97. The van der Waals surface area contributed by atoms with Gasteiger partial charge in [0.2, 0.25) is 0 Å². The maximum atomic E-state index is 11.9. The zero-order valence-corrected chi connectivity index (χ0v) is 10.0. The van der Waals surface area contributed by atoms with Crippen molar-refractivity contribution < 1.29 is 8.78 Å². The van der Waals surface area contributed by atoms with Crippen molar-refractivity contribution in [3.8, 4) is 0 Å². The first-order valence-electron chi connectivity index (χ1n) is 4.92. The van der Waals surface area contributed by atoms with Gasteiger partial charge in [0.1, 0.15) is 0 Å². The van der Waals surface area contributed by atoms with Gasteiger partial charge in [-0.2, -0.15) is 11.8 Å². The van der Waals surface area contributed by atoms with Gasteiger partial charge in [0.15, 0.2) is 5.96 Å². The molecule has 0 saturated carbocycles. The molecule has 0 rings (SSSR count). The maximum absolute atomic E-state index is 11.9. The van der Waals surface area contributed by atoms with E-state index in [4.69, 9.17) is 0 Å². The molecule has 0 bridgehead atoms. The molecule has 0 fully saturated rings. The molecule has 3 nitrogen and oxygen atoms in total. The van der Waals surface area contributed by atoms with E-state index < -0.39 is 6.43 Å². The molecule has 0 aliphatic rings. The highest BCUT2D eigenvalue weighted by Gasteiger charge is 2.03. The Morgan fingerprint density at radius 1 is 1.33 bits per heavy atom. The summed E-state index contributed by atoms with van der Waals surface area (Å²) in [5.41, 5.74) is 0. The average molecular weight is 239 g/mol. The van der Waals surface area contributed by atoms with Crippen LogP contribution in [0.25, 0.3) is 0 Å². The van der Waals surface area contributed by atoms with E-state index in [1.807, 2.05) is 11.8 Å². The van der Waals surface area contributed by atoms with Crippen LogP contribution in [0.4, 0.5) is 8.78 Å². The Morgan fingerprint density at radius 2 is 2.07 bits per heavy atom. The molecule has 15 heavy (non-hydrogen) atoms. The van der Waals surface area contributed by atoms with Crippen LogP contribution >= 0.6 is 11.8 Å². The Labute approximate surface area is 94.1 Å². The molecule has 0 aliphatic carbocycles. The summed E-state index contributed by atoms with van der Waals surface area (Å²) in [6.07, 6.45) is 1.87. The third-order valence-corrected chi connectivity index (χ3v) is 2.41. The first-order valence-corrected chi connectivity index (χ1v) is 6.31. The Kier molecular flexibility index (Phi) is 9.67. The molecular formula is C9H19F2N3S. The van der Waals surface area contributed by atoms with E-state index in [0.29, 0.717) is 5.96 Å². The van der Waals surface area contributed by atoms with Crippen molar-refractivity contribution in [1.29, 1.82) is 0 Å². The van der Waals surface area contributed by atoms with Crippen LogP contribution in [0.5, 0.6) is 0 Å². The molecule has 0 amide bonds. The van der Waals surface area contributed by atoms with Gasteiger partial charge in [0.25, 0.3) is 6.43 Å². The van der Waals surface area contributed by atoms with E-state index in [0.717, 1.165) is 25.1 Å². The van der Waals surface area contributed by atoms with Gasteiger partial charge in [0, 0.05) is 13.6 Å². The SMILES string of the molecule is CN=C(NCCCCSC)NCC(F)F. The number of guanidine groups is 1. The van der Waals surface area contributed by atoms with Crippen molar-refractivity contribution in [2.24, 2.45) is 4.99 Å². The molecule has 0 aromatic heterocycles. The molecule has 0 saturated heterocycles. The smallest absolute Gasteiger partial charge is 0.255 e. The molecule has 6 heteroatoms. The fourth-order valence-corrected chi connectivity index (χ4v) is 1.47. The van der Waals surface area contributed by atoms with Crippen molar-refractivity contribution in [3.05, 3.63) is 0 Å². The largest absolute Gasteiger partial charge is 0.356 e. The summed E-state index contributed by atoms with van der Waals surface area (Å²) < 4.78 is 23.7. The van der Waals surface area contributed by atoms with Crippen molar-refractivity contribution in [1.82, 2.24) is 10.6 Å². The van der Waals surface area contributed by atoms with Gasteiger partial charge in [-0.15, -0.1) is 0 Å². The summed E-state index contributed by atoms with van der Waals surface area (Å²) in [6, 6.07) is 0. The average Bonchev–Trinajstić information content (AvgIpc) is 2.22. The lowest BCUT2D eigenvalue weighted by atomic mass is 10.3. The topological polar surface area (TPSA) is 36.4 Å². The number of nitrogens with zero attached hydrogens (tertiary/aromatic N) is 1. The van der Waals surface area contributed by atoms with Crippen molar-refractivity contribution in [3.63, 3.8) is 0 Å². The summed E-state index contributed by atoms with van der Waals surface area (Å²) >= 11 is 1.81. The summed E-state index contributed by atoms with van der Waals surface area (Å²) in [7, 11) is 1.57. The van der Waals surface area contributed by atoms with Gasteiger partial charge >= 0.3 is 0 Å². The molecule has 0 radical (unpaired) electrons. The minimum absolute atomic E-state index is 0.357. The standard InChI is InChI=1S/C9H19F2N3S/c1-12-9(14-7-8(10)11)13-5-3-4-6-15-2/h8H,3-7H2,1-2H3,(H2,12,13,14). The Morgan fingerprint density at radius 3 is 2.60 bits per heavy atom. The fraction of sp³-hybridized carbons (Fsp3) is 0.889. The molecule has 0 aliphatic heterocycles. The van der Waals surface area contributed by atoms with Crippen LogP contribution in [0.1, 0.15) is 12.8 Å². The molecule has 2 N–H and O–H groups in total. The van der Waals surface area contributed by atoms with Crippen molar-refractivity contribution in [2.75, 3.05) is 32.1 Å². The number of nitrogens with one attached hydrogen (secondary N) is 2. The number of halogens is 2. The molecule has 0 heterocycles. The second-order valence-corrected chi connectivity index (χ2v) is 3.96. The minimum atomic E-state index is -2.35. The Bertz CT molecular complexity index is 177. The molecule has 0 aromatic rings. The Hall–Kier alpha value is -0.520. The van der Waals surface area contributed by atoms with E-state index in [2.05, 4.69) is 21.9 Å². The highest BCUT2D eigenvalue weighted by molar-refractivity contribution is 7.98. The van der Waals surface area contributed by atoms with Crippen LogP contribution in [0, 0.1) is 0 Å². The van der Waals surface area contributed by atoms with Gasteiger partial charge in [-0.3, -0.25) is 4.99 Å². The lowest BCUT2D eigenvalue weighted by Crippen LogP contribution is -2.40. The Balaban J connectivity index is 3.46. The molecule has 0 spiro atoms. The van der Waals surface area contributed by atoms with Crippen LogP contribution in [0.2, 0.25) is 0 Å². The minimum Gasteiger partial charge on any atom is -0.356 e. The number of alkyl halides is 2. The first-order chi connectivity index (χ1) is 7.20. The van der Waals surface area contributed by atoms with Gasteiger partial charge in [-0.25, -0.2) is 8.78 Å². The third kappa shape index (κ3) is 9.78. The zero-order valence-electron chi connectivity index (χ0n) is 9.22. The van der Waals surface area contributed by atoms with E-state index >= 15 is 0 Å². The third-order valence-electron chi connectivity index (χ3n) is 1.72. The van der Waals surface area contributed by atoms with Gasteiger partial charge in [0.05, 0.1) is 6.54 Å². The lowest BCUT2D eigenvalue weighted by molar-refractivity contribution is 0.152. The summed E-state index contributed by atoms with van der Waals surface area (Å²) in [4.78, 5) is 3.83. The molecule has 0 unspecified atom stereocenters. The summed E-state index contributed by atoms with van der Waals surface area (Å²) in [5.74, 6) is 1.57. The monoisotopic (exact) mass is 239 g/mol. The van der Waals surface area contributed by atoms with E-state index in [9.17, 15) is 8.78 Å². The van der Waals surface area contributed by atoms with Gasteiger partial charge in [-0.05, 0) is 24.9 Å². The van der Waals surface area contributed by atoms with Crippen LogP contribution < -0.4 is 10.6 Å². The lowest BCUT2D eigenvalue weighted by Gasteiger charge is -2.10. The quantitative estimate of drug-likeness (QED) is 0.402. The predicted octanol–water partition coefficient (Wildman–Crippen LogP) is 1.56. The van der Waals surface area contributed by atoms with Crippen LogP contribution in [-0.4, -0.2) is 44.5 Å². The van der Waals surface area contributed by atoms with Crippen LogP contribution in [-0.2, 0) is 0 Å². The molecule has 0 atom stereocenters. The molecule has 90 valence electrons. The van der Waals surface area contributed by atoms with Crippen LogP contribution in [0.15, 0.2) is 4.99 Å². The summed E-state index contributed by atoms with van der Waals surface area (Å²) in [6.45, 7) is 0.411. The number of hydrogen-bond acceptors (Lipinski definition) is 2. The normalized spacial score (nSPS) is 11.9. The maximum Gasteiger partial charge on any atom is 0.255 e. The molecular weight excluding hydrogens is 220 g/mol. The first kappa shape index (κ1) is 14.5. The highest BCUT2D eigenvalue weighted by atomic mass is 32.2. The van der Waals surface area contributed by atoms with Crippen LogP contribution in [0.3, 0.4) is 0 Å². The number of hydrogen-bond donors (Lipinski definition) is 2. The molecule has 0 aromatic carbocycles. The van der Waals surface area contributed by atoms with E-state index in [1.165, 1.54) is 0 Å². The van der Waals surface area contributed by atoms with Gasteiger partial charge in [-0.1, -0.05) is 0 Å². The number of aliphatic imine (C=N–C) groups is 1. The zero-order chi connectivity index (χ0) is 11.5. The second kappa shape index (κ2) is 10.0. The van der Waals surface area contributed by atoms with Crippen molar-refractivity contribution >= 4 is 17.7 Å². The highest BCUT2D eigenvalue weighted by Crippen LogP contribution is 1.97.